The lowest BCUT2D eigenvalue weighted by Crippen LogP contribution is -2.39. The molecule has 1 amide bonds. The van der Waals surface area contributed by atoms with Crippen LogP contribution in [0.15, 0.2) is 42.6 Å². The monoisotopic (exact) mass is 384 g/mol. The van der Waals surface area contributed by atoms with Gasteiger partial charge in [-0.25, -0.2) is 9.50 Å². The van der Waals surface area contributed by atoms with Crippen LogP contribution in [-0.4, -0.2) is 31.8 Å². The molecule has 136 valence electrons. The van der Waals surface area contributed by atoms with Gasteiger partial charge in [-0.3, -0.25) is 4.79 Å². The number of nitrogens with one attached hydrogen (secondary N) is 1. The van der Waals surface area contributed by atoms with E-state index >= 15 is 0 Å². The zero-order valence-electron chi connectivity index (χ0n) is 13.3. The number of rotatable bonds is 3. The lowest BCUT2D eigenvalue weighted by atomic mass is 9.94. The van der Waals surface area contributed by atoms with Crippen LogP contribution in [-0.2, 0) is 5.60 Å². The number of carbonyl (C=O) groups excluding carboxylic acids is 1. The number of hydrogen-bond acceptors (Lipinski definition) is 4. The molecule has 0 saturated carbocycles. The van der Waals surface area contributed by atoms with Crippen LogP contribution >= 0.6 is 11.6 Å². The van der Waals surface area contributed by atoms with Crippen molar-refractivity contribution in [3.8, 4) is 0 Å². The molecule has 0 saturated heterocycles. The Kier molecular flexibility index (Phi) is 4.37. The summed E-state index contributed by atoms with van der Waals surface area (Å²) >= 11 is 6.02. The summed E-state index contributed by atoms with van der Waals surface area (Å²) in [5, 5.41) is 16.3. The molecular weight excluding hydrogens is 373 g/mol. The third-order valence-electron chi connectivity index (χ3n) is 3.82. The SMILES string of the molecule is CC(O)(c1ccc(C(=O)Nc2cc(Cl)n3nccc3n2)cc1)C(F)(F)F. The summed E-state index contributed by atoms with van der Waals surface area (Å²) in [6.07, 6.45) is -3.34. The van der Waals surface area contributed by atoms with Gasteiger partial charge in [0.2, 0.25) is 0 Å². The molecular formula is C16H12ClF3N4O2. The molecule has 26 heavy (non-hydrogen) atoms. The van der Waals surface area contributed by atoms with Crippen LogP contribution in [0.25, 0.3) is 5.65 Å². The van der Waals surface area contributed by atoms with Crippen LogP contribution in [0.3, 0.4) is 0 Å². The van der Waals surface area contributed by atoms with Crippen molar-refractivity contribution in [1.29, 1.82) is 0 Å². The molecule has 0 aliphatic carbocycles. The van der Waals surface area contributed by atoms with Gasteiger partial charge in [0, 0.05) is 17.7 Å². The fraction of sp³-hybridized carbons (Fsp3) is 0.188. The van der Waals surface area contributed by atoms with Crippen molar-refractivity contribution in [3.05, 3.63) is 58.9 Å². The maximum Gasteiger partial charge on any atom is 0.421 e. The highest BCUT2D eigenvalue weighted by Crippen LogP contribution is 2.38. The van der Waals surface area contributed by atoms with Crippen LogP contribution in [0.5, 0.6) is 0 Å². The lowest BCUT2D eigenvalue weighted by molar-refractivity contribution is -0.258. The van der Waals surface area contributed by atoms with Gasteiger partial charge in [-0.1, -0.05) is 23.7 Å². The molecule has 0 fully saturated rings. The molecule has 1 atom stereocenters. The average molecular weight is 385 g/mol. The summed E-state index contributed by atoms with van der Waals surface area (Å²) in [5.41, 5.74) is -2.87. The minimum Gasteiger partial charge on any atom is -0.376 e. The normalized spacial score (nSPS) is 14.2. The standard InChI is InChI=1S/C16H12ClF3N4O2/c1-15(26,16(18,19)20)10-4-2-9(3-5-10)14(25)23-12-8-11(17)24-13(22-12)6-7-21-24/h2-8,26H,1H3,(H,22,23,25). The van der Waals surface area contributed by atoms with Gasteiger partial charge in [-0.15, -0.1) is 0 Å². The molecule has 3 rings (SSSR count). The third-order valence-corrected chi connectivity index (χ3v) is 4.09. The summed E-state index contributed by atoms with van der Waals surface area (Å²) in [4.78, 5) is 16.4. The van der Waals surface area contributed by atoms with Crippen molar-refractivity contribution in [2.45, 2.75) is 18.7 Å². The van der Waals surface area contributed by atoms with Gasteiger partial charge < -0.3 is 10.4 Å². The van der Waals surface area contributed by atoms with Gasteiger partial charge in [0.1, 0.15) is 11.0 Å². The fourth-order valence-corrected chi connectivity index (χ4v) is 2.47. The van der Waals surface area contributed by atoms with E-state index in [1.54, 1.807) is 6.07 Å². The molecule has 0 bridgehead atoms. The van der Waals surface area contributed by atoms with Gasteiger partial charge >= 0.3 is 6.18 Å². The topological polar surface area (TPSA) is 79.5 Å². The van der Waals surface area contributed by atoms with E-state index in [0.717, 1.165) is 12.1 Å². The van der Waals surface area contributed by atoms with Crippen molar-refractivity contribution >= 4 is 29.0 Å². The highest BCUT2D eigenvalue weighted by atomic mass is 35.5. The Bertz CT molecular complexity index is 968. The molecule has 0 spiro atoms. The average Bonchev–Trinajstić information content (AvgIpc) is 3.03. The van der Waals surface area contributed by atoms with Crippen LogP contribution < -0.4 is 5.32 Å². The molecule has 2 aromatic heterocycles. The van der Waals surface area contributed by atoms with E-state index in [1.165, 1.54) is 28.9 Å². The minimum absolute atomic E-state index is 0.0954. The Morgan fingerprint density at radius 1 is 1.23 bits per heavy atom. The van der Waals surface area contributed by atoms with E-state index < -0.39 is 17.7 Å². The summed E-state index contributed by atoms with van der Waals surface area (Å²) in [7, 11) is 0. The van der Waals surface area contributed by atoms with E-state index in [1.807, 2.05) is 0 Å². The van der Waals surface area contributed by atoms with E-state index in [4.69, 9.17) is 11.6 Å². The van der Waals surface area contributed by atoms with Crippen LogP contribution in [0, 0.1) is 0 Å². The van der Waals surface area contributed by atoms with Gasteiger partial charge in [0.25, 0.3) is 5.91 Å². The predicted octanol–water partition coefficient (Wildman–Crippen LogP) is 3.40. The maximum atomic E-state index is 12.8. The number of aromatic nitrogens is 3. The summed E-state index contributed by atoms with van der Waals surface area (Å²) in [5.74, 6) is -0.421. The highest BCUT2D eigenvalue weighted by Gasteiger charge is 2.51. The lowest BCUT2D eigenvalue weighted by Gasteiger charge is -2.26. The van der Waals surface area contributed by atoms with Crippen molar-refractivity contribution in [3.63, 3.8) is 0 Å². The second kappa shape index (κ2) is 6.26. The van der Waals surface area contributed by atoms with Crippen molar-refractivity contribution < 1.29 is 23.1 Å². The minimum atomic E-state index is -4.84. The van der Waals surface area contributed by atoms with Crippen LogP contribution in [0.4, 0.5) is 19.0 Å². The van der Waals surface area contributed by atoms with E-state index in [9.17, 15) is 23.1 Å². The molecule has 0 aliphatic heterocycles. The first kappa shape index (κ1) is 18.2. The molecule has 0 aliphatic rings. The Morgan fingerprint density at radius 3 is 2.50 bits per heavy atom. The number of alkyl halides is 3. The molecule has 2 heterocycles. The van der Waals surface area contributed by atoms with Gasteiger partial charge in [0.15, 0.2) is 11.2 Å². The Labute approximate surface area is 150 Å². The van der Waals surface area contributed by atoms with Gasteiger partial charge in [-0.2, -0.15) is 18.3 Å². The van der Waals surface area contributed by atoms with Crippen molar-refractivity contribution in [2.75, 3.05) is 5.32 Å². The predicted molar refractivity (Wildman–Crippen MR) is 88.0 cm³/mol. The molecule has 10 heteroatoms. The zero-order chi connectivity index (χ0) is 19.1. The largest absolute Gasteiger partial charge is 0.421 e. The number of benzene rings is 1. The van der Waals surface area contributed by atoms with Crippen LogP contribution in [0.1, 0.15) is 22.8 Å². The number of aliphatic hydroxyl groups is 1. The molecule has 1 aromatic carbocycles. The molecule has 1 unspecified atom stereocenters. The van der Waals surface area contributed by atoms with Gasteiger partial charge in [0.05, 0.1) is 6.20 Å². The molecule has 3 aromatic rings. The molecule has 6 nitrogen and oxygen atoms in total. The quantitative estimate of drug-likeness (QED) is 0.678. The second-order valence-electron chi connectivity index (χ2n) is 5.67. The summed E-state index contributed by atoms with van der Waals surface area (Å²) < 4.78 is 39.9. The van der Waals surface area contributed by atoms with Crippen molar-refractivity contribution in [2.24, 2.45) is 0 Å². The molecule has 0 radical (unpaired) electrons. The Morgan fingerprint density at radius 2 is 1.88 bits per heavy atom. The number of halogens is 4. The summed E-state index contributed by atoms with van der Waals surface area (Å²) in [6.45, 7) is 0.648. The fourth-order valence-electron chi connectivity index (χ4n) is 2.24. The maximum absolute atomic E-state index is 12.8. The Balaban J connectivity index is 1.82. The van der Waals surface area contributed by atoms with E-state index in [-0.39, 0.29) is 22.1 Å². The first-order valence-corrected chi connectivity index (χ1v) is 7.68. The highest BCUT2D eigenvalue weighted by molar-refractivity contribution is 6.30. The number of anilines is 1. The first-order chi connectivity index (χ1) is 12.1. The molecule has 2 N–H and O–H groups in total. The number of fused-ring (bicyclic) bond motifs is 1. The second-order valence-corrected chi connectivity index (χ2v) is 6.05. The smallest absolute Gasteiger partial charge is 0.376 e. The van der Waals surface area contributed by atoms with E-state index in [2.05, 4.69) is 15.4 Å². The van der Waals surface area contributed by atoms with E-state index in [0.29, 0.717) is 12.6 Å². The third kappa shape index (κ3) is 3.23. The first-order valence-electron chi connectivity index (χ1n) is 7.31. The summed E-state index contributed by atoms with van der Waals surface area (Å²) in [6, 6.07) is 7.44. The number of nitrogens with zero attached hydrogens (tertiary/aromatic N) is 3. The zero-order valence-corrected chi connectivity index (χ0v) is 14.0. The van der Waals surface area contributed by atoms with Crippen molar-refractivity contribution in [1.82, 2.24) is 14.6 Å². The van der Waals surface area contributed by atoms with Crippen LogP contribution in [0.2, 0.25) is 5.15 Å². The number of hydrogen-bond donors (Lipinski definition) is 2. The number of carbonyl (C=O) groups is 1. The number of amides is 1. The van der Waals surface area contributed by atoms with Gasteiger partial charge in [-0.05, 0) is 24.6 Å². The Hall–Kier alpha value is -2.65.